The third-order valence-corrected chi connectivity index (χ3v) is 6.62. The van der Waals surface area contributed by atoms with Gasteiger partial charge in [-0.3, -0.25) is 9.59 Å². The number of ketones is 1. The van der Waals surface area contributed by atoms with Gasteiger partial charge in [-0.25, -0.2) is 4.98 Å². The van der Waals surface area contributed by atoms with Gasteiger partial charge in [0.2, 0.25) is 5.78 Å². The molecule has 164 valence electrons. The van der Waals surface area contributed by atoms with Crippen molar-refractivity contribution in [3.63, 3.8) is 0 Å². The summed E-state index contributed by atoms with van der Waals surface area (Å²) in [4.78, 5) is 33.0. The normalized spacial score (nSPS) is 16.0. The Labute approximate surface area is 190 Å². The molecule has 1 aliphatic heterocycles. The molecule has 0 fully saturated rings. The van der Waals surface area contributed by atoms with Crippen molar-refractivity contribution < 1.29 is 19.4 Å². The predicted octanol–water partition coefficient (Wildman–Crippen LogP) is 4.59. The first-order chi connectivity index (χ1) is 15.4. The molecule has 7 heteroatoms. The molecule has 1 atom stereocenters. The van der Waals surface area contributed by atoms with Crippen LogP contribution in [0.4, 0.5) is 0 Å². The number of thiazole rings is 1. The minimum atomic E-state index is -0.712. The lowest BCUT2D eigenvalue weighted by atomic mass is 9.94. The number of carbonyl (C=O) groups excluding carboxylic acids is 2. The zero-order chi connectivity index (χ0) is 22.8. The number of nitrogens with zero attached hydrogens (tertiary/aromatic N) is 2. The van der Waals surface area contributed by atoms with Gasteiger partial charge < -0.3 is 14.7 Å². The van der Waals surface area contributed by atoms with Gasteiger partial charge in [0, 0.05) is 6.54 Å². The summed E-state index contributed by atoms with van der Waals surface area (Å²) in [5.74, 6) is -0.799. The number of aromatic nitrogens is 1. The first-order valence-electron chi connectivity index (χ1n) is 10.3. The van der Waals surface area contributed by atoms with Gasteiger partial charge in [-0.2, -0.15) is 0 Å². The molecule has 0 spiro atoms. The maximum Gasteiger partial charge on any atom is 0.290 e. The Hall–Kier alpha value is -3.45. The number of hydrogen-bond acceptors (Lipinski definition) is 6. The Morgan fingerprint density at radius 2 is 1.91 bits per heavy atom. The number of ether oxygens (including phenoxy) is 1. The van der Waals surface area contributed by atoms with Crippen molar-refractivity contribution >= 4 is 23.0 Å². The van der Waals surface area contributed by atoms with Gasteiger partial charge >= 0.3 is 0 Å². The van der Waals surface area contributed by atoms with E-state index in [9.17, 15) is 14.7 Å². The lowest BCUT2D eigenvalue weighted by molar-refractivity contribution is -0.129. The van der Waals surface area contributed by atoms with Crippen LogP contribution in [0.2, 0.25) is 0 Å². The largest absolute Gasteiger partial charge is 0.503 e. The number of Topliss-reactive ketones (excluding diaryl/α,β-unsaturated/α-hetero) is 1. The standard InChI is InChI=1S/C25H24N2O4S/c1-15-24(32-16(2)26-15)22(28)20-21(18-10-7-11-19(14-18)31-3)27(25(30)23(20)29)13-12-17-8-5-4-6-9-17/h4-11,14,21,29H,12-13H2,1-3H3. The van der Waals surface area contributed by atoms with E-state index in [2.05, 4.69) is 4.98 Å². The summed E-state index contributed by atoms with van der Waals surface area (Å²) in [6.45, 7) is 3.94. The number of aryl methyl sites for hydroxylation is 2. The quantitative estimate of drug-likeness (QED) is 0.535. The number of aliphatic hydroxyl groups is 1. The average Bonchev–Trinajstić information content (AvgIpc) is 3.27. The molecular formula is C25H24N2O4S. The van der Waals surface area contributed by atoms with Crippen molar-refractivity contribution in [1.29, 1.82) is 0 Å². The molecule has 0 bridgehead atoms. The molecule has 4 rings (SSSR count). The van der Waals surface area contributed by atoms with Crippen LogP contribution in [0.15, 0.2) is 65.9 Å². The second kappa shape index (κ2) is 8.96. The second-order valence-electron chi connectivity index (χ2n) is 7.65. The molecule has 2 heterocycles. The molecule has 1 aromatic heterocycles. The Balaban J connectivity index is 1.76. The van der Waals surface area contributed by atoms with E-state index in [1.807, 2.05) is 49.4 Å². The predicted molar refractivity (Wildman–Crippen MR) is 123 cm³/mol. The molecule has 1 aliphatic rings. The monoisotopic (exact) mass is 448 g/mol. The smallest absolute Gasteiger partial charge is 0.290 e. The van der Waals surface area contributed by atoms with Crippen LogP contribution in [-0.2, 0) is 11.2 Å². The highest BCUT2D eigenvalue weighted by atomic mass is 32.1. The van der Waals surface area contributed by atoms with Crippen LogP contribution in [-0.4, -0.2) is 40.3 Å². The fourth-order valence-corrected chi connectivity index (χ4v) is 4.91. The van der Waals surface area contributed by atoms with Gasteiger partial charge in [-0.05, 0) is 43.5 Å². The van der Waals surface area contributed by atoms with Gasteiger partial charge in [0.05, 0.1) is 34.3 Å². The Morgan fingerprint density at radius 3 is 2.56 bits per heavy atom. The van der Waals surface area contributed by atoms with Crippen LogP contribution in [0.25, 0.3) is 0 Å². The minimum Gasteiger partial charge on any atom is -0.503 e. The SMILES string of the molecule is COc1cccc(C2C(C(=O)c3sc(C)nc3C)=C(O)C(=O)N2CCc2ccccc2)c1. The third-order valence-electron chi connectivity index (χ3n) is 5.55. The van der Waals surface area contributed by atoms with Crippen molar-refractivity contribution in [2.75, 3.05) is 13.7 Å². The molecule has 0 radical (unpaired) electrons. The molecule has 3 aromatic rings. The molecule has 32 heavy (non-hydrogen) atoms. The van der Waals surface area contributed by atoms with Crippen LogP contribution < -0.4 is 4.74 Å². The van der Waals surface area contributed by atoms with Crippen molar-refractivity contribution in [1.82, 2.24) is 9.88 Å². The molecule has 1 amide bonds. The fourth-order valence-electron chi connectivity index (χ4n) is 4.03. The van der Waals surface area contributed by atoms with Crippen molar-refractivity contribution in [3.05, 3.63) is 92.6 Å². The highest BCUT2D eigenvalue weighted by molar-refractivity contribution is 7.14. The van der Waals surface area contributed by atoms with Crippen molar-refractivity contribution in [2.24, 2.45) is 0 Å². The van der Waals surface area contributed by atoms with E-state index < -0.39 is 17.7 Å². The summed E-state index contributed by atoms with van der Waals surface area (Å²) in [5.41, 5.74) is 2.45. The van der Waals surface area contributed by atoms with Crippen LogP contribution in [0, 0.1) is 13.8 Å². The number of aliphatic hydroxyl groups excluding tert-OH is 1. The zero-order valence-electron chi connectivity index (χ0n) is 18.2. The van der Waals surface area contributed by atoms with E-state index in [4.69, 9.17) is 4.74 Å². The molecule has 1 unspecified atom stereocenters. The first-order valence-corrected chi connectivity index (χ1v) is 11.1. The van der Waals surface area contributed by atoms with Crippen molar-refractivity contribution in [2.45, 2.75) is 26.3 Å². The first kappa shape index (κ1) is 21.8. The van der Waals surface area contributed by atoms with E-state index in [0.717, 1.165) is 10.6 Å². The summed E-state index contributed by atoms with van der Waals surface area (Å²) in [7, 11) is 1.56. The van der Waals surface area contributed by atoms with Gasteiger partial charge in [0.25, 0.3) is 5.91 Å². The van der Waals surface area contributed by atoms with Crippen LogP contribution >= 0.6 is 11.3 Å². The van der Waals surface area contributed by atoms with E-state index in [-0.39, 0.29) is 11.4 Å². The summed E-state index contributed by atoms with van der Waals surface area (Å²) < 4.78 is 5.36. The van der Waals surface area contributed by atoms with Gasteiger partial charge in [-0.15, -0.1) is 11.3 Å². The Kier molecular flexibility index (Phi) is 6.10. The van der Waals surface area contributed by atoms with E-state index in [0.29, 0.717) is 34.8 Å². The molecule has 6 nitrogen and oxygen atoms in total. The van der Waals surface area contributed by atoms with E-state index in [1.165, 1.54) is 11.3 Å². The number of benzene rings is 2. The summed E-state index contributed by atoms with van der Waals surface area (Å²) in [6.07, 6.45) is 0.598. The lowest BCUT2D eigenvalue weighted by Gasteiger charge is -2.27. The molecule has 2 aromatic carbocycles. The third kappa shape index (κ3) is 4.03. The number of methoxy groups -OCH3 is 1. The topological polar surface area (TPSA) is 79.7 Å². The van der Waals surface area contributed by atoms with Crippen LogP contribution in [0.3, 0.4) is 0 Å². The van der Waals surface area contributed by atoms with Crippen LogP contribution in [0.5, 0.6) is 5.75 Å². The van der Waals surface area contributed by atoms with Gasteiger partial charge in [0.15, 0.2) is 5.76 Å². The maximum atomic E-state index is 13.5. The molecular weight excluding hydrogens is 424 g/mol. The highest BCUT2D eigenvalue weighted by Gasteiger charge is 2.44. The number of rotatable bonds is 7. The Bertz CT molecular complexity index is 1200. The molecule has 0 saturated heterocycles. The summed E-state index contributed by atoms with van der Waals surface area (Å²) >= 11 is 1.27. The average molecular weight is 449 g/mol. The van der Waals surface area contributed by atoms with Crippen LogP contribution in [0.1, 0.15) is 37.5 Å². The highest BCUT2D eigenvalue weighted by Crippen LogP contribution is 2.41. The number of hydrogen-bond donors (Lipinski definition) is 1. The molecule has 0 aliphatic carbocycles. The summed E-state index contributed by atoms with van der Waals surface area (Å²) in [5, 5.41) is 11.6. The molecule has 0 saturated carbocycles. The lowest BCUT2D eigenvalue weighted by Crippen LogP contribution is -2.33. The van der Waals surface area contributed by atoms with Crippen molar-refractivity contribution in [3.8, 4) is 5.75 Å². The summed E-state index contributed by atoms with van der Waals surface area (Å²) in [6, 6.07) is 16.3. The second-order valence-corrected chi connectivity index (χ2v) is 8.86. The molecule has 1 N–H and O–H groups in total. The number of amides is 1. The van der Waals surface area contributed by atoms with E-state index in [1.54, 1.807) is 31.1 Å². The number of carbonyl (C=O) groups is 2. The zero-order valence-corrected chi connectivity index (χ0v) is 19.0. The Morgan fingerprint density at radius 1 is 1.16 bits per heavy atom. The van der Waals surface area contributed by atoms with Gasteiger partial charge in [0.1, 0.15) is 5.75 Å². The van der Waals surface area contributed by atoms with Gasteiger partial charge in [-0.1, -0.05) is 42.5 Å². The fraction of sp³-hybridized carbons (Fsp3) is 0.240. The maximum absolute atomic E-state index is 13.5. The van der Waals surface area contributed by atoms with E-state index >= 15 is 0 Å². The minimum absolute atomic E-state index is 0.0862.